The van der Waals surface area contributed by atoms with Crippen molar-refractivity contribution in [1.82, 2.24) is 24.6 Å². The van der Waals surface area contributed by atoms with Gasteiger partial charge in [0.15, 0.2) is 0 Å². The molecule has 0 atom stereocenters. The first kappa shape index (κ1) is 19.6. The fraction of sp³-hybridized carbons (Fsp3) is 0.526. The summed E-state index contributed by atoms with van der Waals surface area (Å²) in [4.78, 5) is 44.7. The number of hydrogen-bond donors (Lipinski definition) is 0. The second-order valence-electron chi connectivity index (χ2n) is 7.53. The van der Waals surface area contributed by atoms with Crippen molar-refractivity contribution in [2.24, 2.45) is 7.05 Å². The quantitative estimate of drug-likeness (QED) is 0.546. The fourth-order valence-corrected chi connectivity index (χ4v) is 4.82. The predicted octanol–water partition coefficient (Wildman–Crippen LogP) is 2.18. The summed E-state index contributed by atoms with van der Waals surface area (Å²) in [6.45, 7) is -0.379. The van der Waals surface area contributed by atoms with Gasteiger partial charge in [-0.3, -0.25) is 19.2 Å². The average Bonchev–Trinajstić information content (AvgIpc) is 3.41. The smallest absolute Gasteiger partial charge is 0.327 e. The van der Waals surface area contributed by atoms with Gasteiger partial charge >= 0.3 is 12.0 Å². The van der Waals surface area contributed by atoms with E-state index in [1.54, 1.807) is 17.9 Å². The molecule has 3 amide bonds. The summed E-state index contributed by atoms with van der Waals surface area (Å²) in [5.41, 5.74) is 0.717. The molecule has 2 aliphatic rings. The van der Waals surface area contributed by atoms with Crippen LogP contribution in [0.1, 0.15) is 37.8 Å². The van der Waals surface area contributed by atoms with E-state index in [1.165, 1.54) is 16.2 Å². The van der Waals surface area contributed by atoms with E-state index in [0.29, 0.717) is 18.5 Å². The molecule has 0 bridgehead atoms. The van der Waals surface area contributed by atoms with Gasteiger partial charge in [-0.15, -0.1) is 11.3 Å². The average molecular weight is 417 g/mol. The Bertz CT molecular complexity index is 946. The largest absolute Gasteiger partial charge is 0.458 e. The van der Waals surface area contributed by atoms with Gasteiger partial charge in [-0.1, -0.05) is 19.3 Å². The lowest BCUT2D eigenvalue weighted by molar-refractivity contribution is -0.149. The minimum absolute atomic E-state index is 0.00714. The maximum absolute atomic E-state index is 12.9. The number of aromatic nitrogens is 3. The molecule has 9 nitrogen and oxygen atoms in total. The van der Waals surface area contributed by atoms with Gasteiger partial charge in [0.05, 0.1) is 11.9 Å². The maximum atomic E-state index is 12.9. The predicted molar refractivity (Wildman–Crippen MR) is 105 cm³/mol. The highest BCUT2D eigenvalue weighted by Gasteiger charge is 2.55. The zero-order chi connectivity index (χ0) is 20.6. The summed E-state index contributed by atoms with van der Waals surface area (Å²) in [5.74, 6) is -0.905. The van der Waals surface area contributed by atoms with Gasteiger partial charge in [0.1, 0.15) is 23.7 Å². The molecule has 154 valence electrons. The molecule has 3 heterocycles. The third kappa shape index (κ3) is 3.52. The number of esters is 1. The molecule has 1 aliphatic carbocycles. The molecule has 0 aromatic carbocycles. The zero-order valence-corrected chi connectivity index (χ0v) is 17.3. The van der Waals surface area contributed by atoms with Crippen LogP contribution < -0.4 is 0 Å². The number of likely N-dealkylation sites (N-methyl/N-ethyl adjacent to an activating group) is 1. The van der Waals surface area contributed by atoms with Crippen molar-refractivity contribution in [3.8, 4) is 10.6 Å². The molecule has 2 aromatic heterocycles. The Kier molecular flexibility index (Phi) is 5.12. The number of aryl methyl sites for hydroxylation is 1. The first-order valence-corrected chi connectivity index (χ1v) is 10.5. The SMILES string of the molecule is CN1C(=O)N(CC(=O)OCc2csc(-c3cnn(C)c3)n2)C(=O)C12CCCCC2. The summed E-state index contributed by atoms with van der Waals surface area (Å²) in [6.07, 6.45) is 7.75. The molecular formula is C19H23N5O4S. The van der Waals surface area contributed by atoms with E-state index in [2.05, 4.69) is 10.1 Å². The lowest BCUT2D eigenvalue weighted by Crippen LogP contribution is -2.49. The van der Waals surface area contributed by atoms with Crippen molar-refractivity contribution >= 4 is 29.2 Å². The van der Waals surface area contributed by atoms with Crippen LogP contribution in [0.2, 0.25) is 0 Å². The Balaban J connectivity index is 1.36. The highest BCUT2D eigenvalue weighted by Crippen LogP contribution is 2.39. The summed E-state index contributed by atoms with van der Waals surface area (Å²) < 4.78 is 6.96. The molecule has 2 fully saturated rings. The van der Waals surface area contributed by atoms with Crippen LogP contribution in [0.5, 0.6) is 0 Å². The van der Waals surface area contributed by atoms with E-state index in [4.69, 9.17) is 4.74 Å². The second-order valence-corrected chi connectivity index (χ2v) is 8.39. The van der Waals surface area contributed by atoms with Crippen molar-refractivity contribution in [1.29, 1.82) is 0 Å². The molecule has 0 radical (unpaired) electrons. The van der Waals surface area contributed by atoms with Crippen LogP contribution in [0.25, 0.3) is 10.6 Å². The van der Waals surface area contributed by atoms with E-state index in [0.717, 1.165) is 34.7 Å². The van der Waals surface area contributed by atoms with E-state index < -0.39 is 17.5 Å². The number of carbonyl (C=O) groups excluding carboxylic acids is 3. The third-order valence-corrected chi connectivity index (χ3v) is 6.60. The van der Waals surface area contributed by atoms with Crippen LogP contribution in [0.4, 0.5) is 4.79 Å². The topological polar surface area (TPSA) is 97.6 Å². The Hall–Kier alpha value is -2.75. The number of thiazole rings is 1. The van der Waals surface area contributed by atoms with Gasteiger partial charge in [-0.2, -0.15) is 5.10 Å². The Morgan fingerprint density at radius 2 is 2.00 bits per heavy atom. The van der Waals surface area contributed by atoms with Crippen LogP contribution in [-0.2, 0) is 28.0 Å². The normalized spacial score (nSPS) is 18.7. The number of amides is 3. The number of ether oxygens (including phenoxy) is 1. The first-order chi connectivity index (χ1) is 13.9. The van der Waals surface area contributed by atoms with Crippen LogP contribution in [0.3, 0.4) is 0 Å². The molecule has 2 aromatic rings. The lowest BCUT2D eigenvalue weighted by Gasteiger charge is -2.35. The summed E-state index contributed by atoms with van der Waals surface area (Å²) in [6, 6.07) is -0.429. The van der Waals surface area contributed by atoms with Gasteiger partial charge in [-0.25, -0.2) is 9.78 Å². The number of urea groups is 1. The molecule has 1 aliphatic heterocycles. The maximum Gasteiger partial charge on any atom is 0.327 e. The second kappa shape index (κ2) is 7.58. The zero-order valence-electron chi connectivity index (χ0n) is 16.5. The molecule has 4 rings (SSSR count). The number of imide groups is 1. The fourth-order valence-electron chi connectivity index (χ4n) is 4.04. The molecule has 10 heteroatoms. The van der Waals surface area contributed by atoms with E-state index in [1.807, 2.05) is 18.6 Å². The van der Waals surface area contributed by atoms with Gasteiger partial charge in [0.25, 0.3) is 5.91 Å². The number of nitrogens with zero attached hydrogens (tertiary/aromatic N) is 5. The van der Waals surface area contributed by atoms with Gasteiger partial charge in [0, 0.05) is 31.2 Å². The molecule has 1 saturated heterocycles. The first-order valence-electron chi connectivity index (χ1n) is 9.59. The molecule has 0 N–H and O–H groups in total. The summed E-state index contributed by atoms with van der Waals surface area (Å²) in [5, 5.41) is 6.71. The van der Waals surface area contributed by atoms with Crippen LogP contribution in [0, 0.1) is 0 Å². The molecular weight excluding hydrogens is 394 g/mol. The summed E-state index contributed by atoms with van der Waals surface area (Å²) in [7, 11) is 3.47. The molecule has 1 saturated carbocycles. The van der Waals surface area contributed by atoms with Crippen molar-refractivity contribution in [2.75, 3.05) is 13.6 Å². The Morgan fingerprint density at radius 3 is 2.69 bits per heavy atom. The van der Waals surface area contributed by atoms with Crippen LogP contribution in [0.15, 0.2) is 17.8 Å². The van der Waals surface area contributed by atoms with Crippen LogP contribution >= 0.6 is 11.3 Å². The number of rotatable bonds is 5. The Labute approximate surface area is 172 Å². The van der Waals surface area contributed by atoms with E-state index in [-0.39, 0.29) is 19.1 Å². The van der Waals surface area contributed by atoms with Gasteiger partial charge in [-0.05, 0) is 12.8 Å². The van der Waals surface area contributed by atoms with Gasteiger partial charge < -0.3 is 9.64 Å². The molecule has 29 heavy (non-hydrogen) atoms. The third-order valence-electron chi connectivity index (χ3n) is 5.66. The Morgan fingerprint density at radius 1 is 1.24 bits per heavy atom. The van der Waals surface area contributed by atoms with Crippen molar-refractivity contribution in [3.05, 3.63) is 23.5 Å². The minimum atomic E-state index is -0.789. The van der Waals surface area contributed by atoms with E-state index >= 15 is 0 Å². The highest BCUT2D eigenvalue weighted by atomic mass is 32.1. The van der Waals surface area contributed by atoms with Crippen molar-refractivity contribution < 1.29 is 19.1 Å². The minimum Gasteiger partial charge on any atom is -0.458 e. The summed E-state index contributed by atoms with van der Waals surface area (Å²) >= 11 is 1.44. The standard InChI is InChI=1S/C19H23N5O4S/c1-22-9-13(8-20-22)16-21-14(12-29-16)11-28-15(25)10-24-17(26)19(23(2)18(24)27)6-4-3-5-7-19/h8-9,12H,3-7,10-11H2,1-2H3. The highest BCUT2D eigenvalue weighted by molar-refractivity contribution is 7.13. The molecule has 1 spiro atoms. The monoisotopic (exact) mass is 417 g/mol. The van der Waals surface area contributed by atoms with Crippen LogP contribution in [-0.4, -0.2) is 61.6 Å². The van der Waals surface area contributed by atoms with Crippen molar-refractivity contribution in [3.63, 3.8) is 0 Å². The lowest BCUT2D eigenvalue weighted by atomic mass is 9.81. The number of carbonyl (C=O) groups is 3. The molecule has 0 unspecified atom stereocenters. The number of hydrogen-bond acceptors (Lipinski definition) is 7. The van der Waals surface area contributed by atoms with Crippen molar-refractivity contribution in [2.45, 2.75) is 44.2 Å². The van der Waals surface area contributed by atoms with E-state index in [9.17, 15) is 14.4 Å². The van der Waals surface area contributed by atoms with Gasteiger partial charge in [0.2, 0.25) is 0 Å².